The fourth-order valence-corrected chi connectivity index (χ4v) is 4.07. The molecule has 1 aromatic heterocycles. The Morgan fingerprint density at radius 1 is 1.03 bits per heavy atom. The van der Waals surface area contributed by atoms with Gasteiger partial charge in [0, 0.05) is 25.8 Å². The van der Waals surface area contributed by atoms with Crippen molar-refractivity contribution in [1.29, 1.82) is 0 Å². The summed E-state index contributed by atoms with van der Waals surface area (Å²) in [5.74, 6) is 0.700. The number of rotatable bonds is 7. The van der Waals surface area contributed by atoms with Crippen molar-refractivity contribution >= 4 is 5.91 Å². The third-order valence-corrected chi connectivity index (χ3v) is 5.71. The standard InChI is InChI=1S/C25H30N4O/c1-20-6-5-13-28(16-20)17-23-11-9-21(10-12-23)14-26-25(30)24-15-27-29(19-24)18-22-7-3-2-4-8-22/h2-4,7-12,15,19-20H,5-6,13-14,16-18H2,1H3,(H,26,30). The van der Waals surface area contributed by atoms with Crippen LogP contribution < -0.4 is 5.32 Å². The van der Waals surface area contributed by atoms with Gasteiger partial charge in [-0.25, -0.2) is 0 Å². The predicted octanol–water partition coefficient (Wildman–Crippen LogP) is 4.09. The van der Waals surface area contributed by atoms with Gasteiger partial charge in [-0.1, -0.05) is 61.5 Å². The van der Waals surface area contributed by atoms with E-state index in [1.54, 1.807) is 17.1 Å². The average Bonchev–Trinajstić information content (AvgIpc) is 3.22. The number of piperidine rings is 1. The van der Waals surface area contributed by atoms with Crippen LogP contribution >= 0.6 is 0 Å². The Hall–Kier alpha value is -2.92. The van der Waals surface area contributed by atoms with Crippen molar-refractivity contribution in [1.82, 2.24) is 20.0 Å². The number of likely N-dealkylation sites (tertiary alicyclic amines) is 1. The van der Waals surface area contributed by atoms with E-state index < -0.39 is 0 Å². The summed E-state index contributed by atoms with van der Waals surface area (Å²) in [7, 11) is 0. The maximum atomic E-state index is 12.5. The Labute approximate surface area is 178 Å². The molecule has 5 heteroatoms. The summed E-state index contributed by atoms with van der Waals surface area (Å²) in [6.07, 6.45) is 6.07. The first-order valence-corrected chi connectivity index (χ1v) is 10.8. The summed E-state index contributed by atoms with van der Waals surface area (Å²) in [4.78, 5) is 15.0. The van der Waals surface area contributed by atoms with Crippen molar-refractivity contribution in [2.75, 3.05) is 13.1 Å². The number of aromatic nitrogens is 2. The highest BCUT2D eigenvalue weighted by Gasteiger charge is 2.16. The van der Waals surface area contributed by atoms with Crippen molar-refractivity contribution in [2.24, 2.45) is 5.92 Å². The molecule has 30 heavy (non-hydrogen) atoms. The maximum absolute atomic E-state index is 12.5. The smallest absolute Gasteiger partial charge is 0.254 e. The quantitative estimate of drug-likeness (QED) is 0.647. The molecule has 5 nitrogen and oxygen atoms in total. The van der Waals surface area contributed by atoms with Crippen LogP contribution in [0.3, 0.4) is 0 Å². The summed E-state index contributed by atoms with van der Waals surface area (Å²) in [5.41, 5.74) is 4.19. The molecule has 1 aliphatic heterocycles. The van der Waals surface area contributed by atoms with Gasteiger partial charge in [0.1, 0.15) is 0 Å². The molecule has 1 amide bonds. The van der Waals surface area contributed by atoms with Gasteiger partial charge >= 0.3 is 0 Å². The molecular weight excluding hydrogens is 372 g/mol. The van der Waals surface area contributed by atoms with E-state index in [9.17, 15) is 4.79 Å². The van der Waals surface area contributed by atoms with E-state index >= 15 is 0 Å². The Morgan fingerprint density at radius 3 is 2.53 bits per heavy atom. The second kappa shape index (κ2) is 9.72. The van der Waals surface area contributed by atoms with Crippen LogP contribution in [-0.2, 0) is 19.6 Å². The molecular formula is C25H30N4O. The number of carbonyl (C=O) groups is 1. The van der Waals surface area contributed by atoms with Gasteiger partial charge in [0.05, 0.1) is 18.3 Å². The van der Waals surface area contributed by atoms with E-state index in [1.165, 1.54) is 31.5 Å². The van der Waals surface area contributed by atoms with Gasteiger partial charge in [-0.15, -0.1) is 0 Å². The van der Waals surface area contributed by atoms with Crippen LogP contribution in [-0.4, -0.2) is 33.7 Å². The van der Waals surface area contributed by atoms with Crippen molar-refractivity contribution in [3.63, 3.8) is 0 Å². The molecule has 2 heterocycles. The second-order valence-corrected chi connectivity index (χ2v) is 8.39. The van der Waals surface area contributed by atoms with Gasteiger partial charge in [-0.05, 0) is 42.0 Å². The summed E-state index contributed by atoms with van der Waals surface area (Å²) >= 11 is 0. The number of amides is 1. The van der Waals surface area contributed by atoms with Crippen molar-refractivity contribution in [3.8, 4) is 0 Å². The monoisotopic (exact) mass is 402 g/mol. The molecule has 1 saturated heterocycles. The first kappa shape index (κ1) is 20.4. The number of benzene rings is 2. The molecule has 1 fully saturated rings. The third kappa shape index (κ3) is 5.57. The highest BCUT2D eigenvalue weighted by molar-refractivity contribution is 5.93. The molecule has 0 aliphatic carbocycles. The minimum atomic E-state index is -0.0966. The van der Waals surface area contributed by atoms with Gasteiger partial charge in [0.15, 0.2) is 0 Å². The zero-order valence-corrected chi connectivity index (χ0v) is 17.6. The molecule has 1 unspecified atom stereocenters. The topological polar surface area (TPSA) is 50.2 Å². The SMILES string of the molecule is CC1CCCN(Cc2ccc(CNC(=O)c3cnn(Cc4ccccc4)c3)cc2)C1. The minimum Gasteiger partial charge on any atom is -0.348 e. The molecule has 156 valence electrons. The molecule has 3 aromatic rings. The van der Waals surface area contributed by atoms with Crippen LogP contribution in [0.25, 0.3) is 0 Å². The second-order valence-electron chi connectivity index (χ2n) is 8.39. The first-order chi connectivity index (χ1) is 14.7. The number of hydrogen-bond donors (Lipinski definition) is 1. The Kier molecular flexibility index (Phi) is 6.60. The summed E-state index contributed by atoms with van der Waals surface area (Å²) in [6, 6.07) is 18.7. The summed E-state index contributed by atoms with van der Waals surface area (Å²) < 4.78 is 1.79. The molecule has 0 spiro atoms. The normalized spacial score (nSPS) is 17.0. The maximum Gasteiger partial charge on any atom is 0.254 e. The van der Waals surface area contributed by atoms with Crippen LogP contribution in [0.2, 0.25) is 0 Å². The van der Waals surface area contributed by atoms with E-state index in [-0.39, 0.29) is 5.91 Å². The van der Waals surface area contributed by atoms with Crippen molar-refractivity contribution in [3.05, 3.63) is 89.2 Å². The Balaban J connectivity index is 1.26. The lowest BCUT2D eigenvalue weighted by Crippen LogP contribution is -2.33. The highest BCUT2D eigenvalue weighted by Crippen LogP contribution is 2.18. The largest absolute Gasteiger partial charge is 0.348 e. The molecule has 0 bridgehead atoms. The summed E-state index contributed by atoms with van der Waals surface area (Å²) in [5, 5.41) is 7.31. The fourth-order valence-electron chi connectivity index (χ4n) is 4.07. The van der Waals surface area contributed by atoms with E-state index in [0.717, 1.165) is 23.6 Å². The van der Waals surface area contributed by atoms with E-state index in [1.807, 2.05) is 18.2 Å². The van der Waals surface area contributed by atoms with Crippen LogP contribution in [0.15, 0.2) is 67.0 Å². The lowest BCUT2D eigenvalue weighted by atomic mass is 9.99. The van der Waals surface area contributed by atoms with Gasteiger partial charge in [-0.3, -0.25) is 14.4 Å². The molecule has 1 aliphatic rings. The van der Waals surface area contributed by atoms with Gasteiger partial charge in [-0.2, -0.15) is 5.10 Å². The lowest BCUT2D eigenvalue weighted by Gasteiger charge is -2.30. The lowest BCUT2D eigenvalue weighted by molar-refractivity contribution is 0.0951. The van der Waals surface area contributed by atoms with Crippen LogP contribution in [0.1, 0.15) is 46.8 Å². The van der Waals surface area contributed by atoms with Crippen molar-refractivity contribution in [2.45, 2.75) is 39.4 Å². The number of nitrogens with zero attached hydrogens (tertiary/aromatic N) is 3. The minimum absolute atomic E-state index is 0.0966. The van der Waals surface area contributed by atoms with Crippen LogP contribution in [0.4, 0.5) is 0 Å². The van der Waals surface area contributed by atoms with Gasteiger partial charge < -0.3 is 5.32 Å². The molecule has 2 aromatic carbocycles. The Morgan fingerprint density at radius 2 is 1.77 bits per heavy atom. The molecule has 1 N–H and O–H groups in total. The zero-order chi connectivity index (χ0) is 20.8. The predicted molar refractivity (Wildman–Crippen MR) is 119 cm³/mol. The van der Waals surface area contributed by atoms with Crippen molar-refractivity contribution < 1.29 is 4.79 Å². The van der Waals surface area contributed by atoms with E-state index in [0.29, 0.717) is 18.7 Å². The molecule has 0 saturated carbocycles. The van der Waals surface area contributed by atoms with E-state index in [2.05, 4.69) is 58.6 Å². The number of nitrogens with one attached hydrogen (secondary N) is 1. The molecule has 4 rings (SSSR count). The zero-order valence-electron chi connectivity index (χ0n) is 17.6. The highest BCUT2D eigenvalue weighted by atomic mass is 16.1. The van der Waals surface area contributed by atoms with Crippen LogP contribution in [0, 0.1) is 5.92 Å². The summed E-state index contributed by atoms with van der Waals surface area (Å²) in [6.45, 7) is 6.91. The first-order valence-electron chi connectivity index (χ1n) is 10.8. The third-order valence-electron chi connectivity index (χ3n) is 5.71. The molecule has 0 radical (unpaired) electrons. The average molecular weight is 403 g/mol. The van der Waals surface area contributed by atoms with E-state index in [4.69, 9.17) is 0 Å². The van der Waals surface area contributed by atoms with Crippen LogP contribution in [0.5, 0.6) is 0 Å². The number of carbonyl (C=O) groups excluding carboxylic acids is 1. The van der Waals surface area contributed by atoms with Gasteiger partial charge in [0.2, 0.25) is 0 Å². The fraction of sp³-hybridized carbons (Fsp3) is 0.360. The molecule has 1 atom stereocenters. The number of hydrogen-bond acceptors (Lipinski definition) is 3. The Bertz CT molecular complexity index is 949. The van der Waals surface area contributed by atoms with Gasteiger partial charge in [0.25, 0.3) is 5.91 Å².